The molecular formula is C21H24N2O. The van der Waals surface area contributed by atoms with Gasteiger partial charge in [-0.15, -0.1) is 0 Å². The van der Waals surface area contributed by atoms with Crippen LogP contribution in [0.2, 0.25) is 0 Å². The number of ketones is 1. The molecule has 0 spiro atoms. The number of carbonyl (C=O) groups is 1. The van der Waals surface area contributed by atoms with Gasteiger partial charge in [0, 0.05) is 29.7 Å². The highest BCUT2D eigenvalue weighted by molar-refractivity contribution is 6.01. The molecule has 1 aromatic carbocycles. The van der Waals surface area contributed by atoms with Crippen molar-refractivity contribution in [2.75, 3.05) is 0 Å². The standard InChI is InChI=1S/C21H24N2O/c1-4-21(15-8-6-5-7-9-15)16-13-22-23-17(16)10-14-11-20(2,3)12-18(24)19(14)21/h5-9,13H,4,10-12H2,1-3H3,(H,22,23). The third-order valence-electron chi connectivity index (χ3n) is 5.76. The van der Waals surface area contributed by atoms with Gasteiger partial charge >= 0.3 is 0 Å². The molecule has 24 heavy (non-hydrogen) atoms. The van der Waals surface area contributed by atoms with Crippen LogP contribution in [0, 0.1) is 5.41 Å². The van der Waals surface area contributed by atoms with Crippen molar-refractivity contribution in [1.29, 1.82) is 0 Å². The number of H-pyrrole nitrogens is 1. The normalized spacial score (nSPS) is 25.4. The lowest BCUT2D eigenvalue weighted by Crippen LogP contribution is -2.42. The second-order valence-corrected chi connectivity index (χ2v) is 7.98. The Labute approximate surface area is 143 Å². The van der Waals surface area contributed by atoms with Gasteiger partial charge < -0.3 is 0 Å². The fourth-order valence-corrected chi connectivity index (χ4v) is 4.90. The minimum atomic E-state index is -0.356. The molecule has 0 radical (unpaired) electrons. The Morgan fingerprint density at radius 3 is 2.62 bits per heavy atom. The van der Waals surface area contributed by atoms with E-state index in [1.807, 2.05) is 12.3 Å². The molecule has 0 fully saturated rings. The molecule has 3 heteroatoms. The quantitative estimate of drug-likeness (QED) is 0.894. The minimum Gasteiger partial charge on any atom is -0.294 e. The molecule has 4 rings (SSSR count). The summed E-state index contributed by atoms with van der Waals surface area (Å²) < 4.78 is 0. The SMILES string of the molecule is CCC1(c2ccccc2)C2=C(Cc3[nH]ncc31)CC(C)(C)CC2=O. The summed E-state index contributed by atoms with van der Waals surface area (Å²) in [6.07, 6.45) is 5.25. The number of carbonyl (C=O) groups excluding carboxylic acids is 1. The molecular weight excluding hydrogens is 296 g/mol. The van der Waals surface area contributed by atoms with Crippen LogP contribution < -0.4 is 0 Å². The van der Waals surface area contributed by atoms with Crippen molar-refractivity contribution in [2.45, 2.75) is 51.9 Å². The van der Waals surface area contributed by atoms with E-state index in [0.29, 0.717) is 12.2 Å². The molecule has 0 bridgehead atoms. The summed E-state index contributed by atoms with van der Waals surface area (Å²) in [6.45, 7) is 6.59. The van der Waals surface area contributed by atoms with Crippen LogP contribution in [0.3, 0.4) is 0 Å². The first kappa shape index (κ1) is 15.4. The van der Waals surface area contributed by atoms with E-state index in [9.17, 15) is 4.79 Å². The van der Waals surface area contributed by atoms with Crippen molar-refractivity contribution < 1.29 is 4.79 Å². The Bertz CT molecular complexity index is 829. The van der Waals surface area contributed by atoms with Crippen LogP contribution in [0.5, 0.6) is 0 Å². The number of Topliss-reactive ketones (excluding diaryl/α,β-unsaturated/α-hetero) is 1. The Hall–Kier alpha value is -2.16. The van der Waals surface area contributed by atoms with E-state index in [1.54, 1.807) is 0 Å². The van der Waals surface area contributed by atoms with Crippen LogP contribution in [-0.2, 0) is 16.6 Å². The van der Waals surface area contributed by atoms with Gasteiger partial charge in [-0.05, 0) is 23.8 Å². The van der Waals surface area contributed by atoms with Gasteiger partial charge in [-0.2, -0.15) is 5.10 Å². The van der Waals surface area contributed by atoms with Crippen LogP contribution in [-0.4, -0.2) is 16.0 Å². The van der Waals surface area contributed by atoms with Crippen LogP contribution >= 0.6 is 0 Å². The zero-order valence-electron chi connectivity index (χ0n) is 14.6. The average Bonchev–Trinajstić information content (AvgIpc) is 3.01. The van der Waals surface area contributed by atoms with E-state index in [1.165, 1.54) is 22.4 Å². The van der Waals surface area contributed by atoms with Gasteiger partial charge in [-0.3, -0.25) is 9.89 Å². The van der Waals surface area contributed by atoms with E-state index in [2.05, 4.69) is 55.2 Å². The molecule has 2 aliphatic rings. The van der Waals surface area contributed by atoms with Crippen molar-refractivity contribution in [3.8, 4) is 0 Å². The molecule has 124 valence electrons. The maximum Gasteiger partial charge on any atom is 0.160 e. The van der Waals surface area contributed by atoms with Gasteiger partial charge in [-0.1, -0.05) is 56.7 Å². The summed E-state index contributed by atoms with van der Waals surface area (Å²) >= 11 is 0. The van der Waals surface area contributed by atoms with E-state index >= 15 is 0 Å². The number of aromatic amines is 1. The zero-order chi connectivity index (χ0) is 16.9. The highest BCUT2D eigenvalue weighted by Gasteiger charge is 2.49. The number of hydrogen-bond acceptors (Lipinski definition) is 2. The van der Waals surface area contributed by atoms with E-state index in [-0.39, 0.29) is 10.8 Å². The number of nitrogens with zero attached hydrogens (tertiary/aromatic N) is 1. The largest absolute Gasteiger partial charge is 0.294 e. The first-order valence-corrected chi connectivity index (χ1v) is 8.82. The minimum absolute atomic E-state index is 0.0452. The Morgan fingerprint density at radius 1 is 1.17 bits per heavy atom. The van der Waals surface area contributed by atoms with Crippen molar-refractivity contribution >= 4 is 5.78 Å². The Balaban J connectivity index is 2.03. The molecule has 1 heterocycles. The molecule has 0 amide bonds. The van der Waals surface area contributed by atoms with Crippen LogP contribution in [0.15, 0.2) is 47.7 Å². The molecule has 0 saturated carbocycles. The molecule has 0 saturated heterocycles. The van der Waals surface area contributed by atoms with E-state index in [0.717, 1.165) is 24.8 Å². The third kappa shape index (κ3) is 2.03. The maximum absolute atomic E-state index is 13.2. The average molecular weight is 320 g/mol. The Kier molecular flexibility index (Phi) is 3.31. The van der Waals surface area contributed by atoms with Gasteiger partial charge in [0.2, 0.25) is 0 Å². The molecule has 0 aliphatic heterocycles. The monoisotopic (exact) mass is 320 g/mol. The van der Waals surface area contributed by atoms with Crippen molar-refractivity contribution in [1.82, 2.24) is 10.2 Å². The highest BCUT2D eigenvalue weighted by Crippen LogP contribution is 2.53. The lowest BCUT2D eigenvalue weighted by Gasteiger charge is -2.45. The second kappa shape index (κ2) is 5.17. The number of hydrogen-bond donors (Lipinski definition) is 1. The molecule has 2 aliphatic carbocycles. The summed E-state index contributed by atoms with van der Waals surface area (Å²) in [4.78, 5) is 13.2. The maximum atomic E-state index is 13.2. The second-order valence-electron chi connectivity index (χ2n) is 7.98. The van der Waals surface area contributed by atoms with E-state index in [4.69, 9.17) is 0 Å². The smallest absolute Gasteiger partial charge is 0.160 e. The molecule has 3 nitrogen and oxygen atoms in total. The summed E-state index contributed by atoms with van der Waals surface area (Å²) in [5, 5.41) is 7.53. The van der Waals surface area contributed by atoms with Gasteiger partial charge in [0.05, 0.1) is 11.6 Å². The first-order chi connectivity index (χ1) is 11.5. The lowest BCUT2D eigenvalue weighted by atomic mass is 9.57. The van der Waals surface area contributed by atoms with Crippen LogP contribution in [0.25, 0.3) is 0 Å². The first-order valence-electron chi connectivity index (χ1n) is 8.82. The summed E-state index contributed by atoms with van der Waals surface area (Å²) in [5.41, 5.74) is 5.60. The topological polar surface area (TPSA) is 45.8 Å². The predicted molar refractivity (Wildman–Crippen MR) is 94.9 cm³/mol. The fraction of sp³-hybridized carbons (Fsp3) is 0.429. The number of fused-ring (bicyclic) bond motifs is 1. The van der Waals surface area contributed by atoms with Crippen molar-refractivity contribution in [3.63, 3.8) is 0 Å². The van der Waals surface area contributed by atoms with Crippen molar-refractivity contribution in [2.24, 2.45) is 5.41 Å². The molecule has 1 atom stereocenters. The van der Waals surface area contributed by atoms with Crippen LogP contribution in [0.1, 0.15) is 56.9 Å². The molecule has 1 N–H and O–H groups in total. The van der Waals surface area contributed by atoms with Gasteiger partial charge in [0.25, 0.3) is 0 Å². The Morgan fingerprint density at radius 2 is 1.92 bits per heavy atom. The molecule has 2 aromatic rings. The number of aromatic nitrogens is 2. The highest BCUT2D eigenvalue weighted by atomic mass is 16.1. The van der Waals surface area contributed by atoms with Gasteiger partial charge in [0.1, 0.15) is 0 Å². The van der Waals surface area contributed by atoms with Crippen LogP contribution in [0.4, 0.5) is 0 Å². The molecule has 1 aromatic heterocycles. The van der Waals surface area contributed by atoms with E-state index < -0.39 is 0 Å². The van der Waals surface area contributed by atoms with Gasteiger partial charge in [0.15, 0.2) is 5.78 Å². The summed E-state index contributed by atoms with van der Waals surface area (Å²) in [5.74, 6) is 0.318. The number of benzene rings is 1. The summed E-state index contributed by atoms with van der Waals surface area (Å²) in [6, 6.07) is 10.5. The van der Waals surface area contributed by atoms with Gasteiger partial charge in [-0.25, -0.2) is 0 Å². The zero-order valence-corrected chi connectivity index (χ0v) is 14.6. The number of allylic oxidation sites excluding steroid dienone is 2. The van der Waals surface area contributed by atoms with Crippen molar-refractivity contribution in [3.05, 3.63) is 64.5 Å². The number of nitrogens with one attached hydrogen (secondary N) is 1. The summed E-state index contributed by atoms with van der Waals surface area (Å²) in [7, 11) is 0. The lowest BCUT2D eigenvalue weighted by molar-refractivity contribution is -0.118. The predicted octanol–water partition coefficient (Wildman–Crippen LogP) is 4.35. The number of rotatable bonds is 2. The fourth-order valence-electron chi connectivity index (χ4n) is 4.90. The molecule has 1 unspecified atom stereocenters. The third-order valence-corrected chi connectivity index (χ3v) is 5.76.